The molecule has 0 aliphatic heterocycles. The van der Waals surface area contributed by atoms with Crippen LogP contribution in [0.1, 0.15) is 40.0 Å². The topological polar surface area (TPSA) is 32.3 Å². The summed E-state index contributed by atoms with van der Waals surface area (Å²) in [6.45, 7) is 8.05. The largest absolute Gasteiger partial charge is 0.389 e. The lowest BCUT2D eigenvalue weighted by Crippen LogP contribution is -2.39. The molecule has 0 bridgehead atoms. The van der Waals surface area contributed by atoms with Gasteiger partial charge in [-0.05, 0) is 31.7 Å². The molecule has 2 heteroatoms. The van der Waals surface area contributed by atoms with Gasteiger partial charge in [0, 0.05) is 6.54 Å². The fraction of sp³-hybridized carbons (Fsp3) is 1.00. The Morgan fingerprint density at radius 2 is 2.08 bits per heavy atom. The van der Waals surface area contributed by atoms with Crippen molar-refractivity contribution in [3.05, 3.63) is 0 Å². The molecule has 1 unspecified atom stereocenters. The molecule has 1 aliphatic carbocycles. The van der Waals surface area contributed by atoms with Gasteiger partial charge in [-0.2, -0.15) is 0 Å². The molecule has 0 amide bonds. The van der Waals surface area contributed by atoms with Crippen molar-refractivity contribution in [1.29, 1.82) is 0 Å². The summed E-state index contributed by atoms with van der Waals surface area (Å²) in [4.78, 5) is 0. The molecule has 0 aromatic rings. The van der Waals surface area contributed by atoms with Crippen molar-refractivity contribution in [2.45, 2.75) is 45.6 Å². The van der Waals surface area contributed by atoms with Crippen LogP contribution in [0, 0.1) is 11.8 Å². The van der Waals surface area contributed by atoms with Crippen molar-refractivity contribution < 1.29 is 5.11 Å². The Hall–Kier alpha value is -0.0800. The lowest BCUT2D eigenvalue weighted by Gasteiger charge is -2.24. The van der Waals surface area contributed by atoms with E-state index >= 15 is 0 Å². The minimum atomic E-state index is -0.490. The van der Waals surface area contributed by atoms with E-state index in [0.717, 1.165) is 25.4 Å². The second kappa shape index (κ2) is 4.43. The molecule has 1 fully saturated rings. The van der Waals surface area contributed by atoms with E-state index < -0.39 is 5.60 Å². The second-order valence-electron chi connectivity index (χ2n) is 5.17. The quantitative estimate of drug-likeness (QED) is 0.661. The number of aliphatic hydroxyl groups is 1. The van der Waals surface area contributed by atoms with Crippen LogP contribution in [0.3, 0.4) is 0 Å². The molecule has 0 radical (unpaired) electrons. The van der Waals surface area contributed by atoms with E-state index in [2.05, 4.69) is 19.2 Å². The fourth-order valence-electron chi connectivity index (χ4n) is 1.65. The molecule has 0 heterocycles. The maximum atomic E-state index is 9.98. The second-order valence-corrected chi connectivity index (χ2v) is 5.17. The molecule has 1 atom stereocenters. The number of hydrogen-bond acceptors (Lipinski definition) is 2. The monoisotopic (exact) mass is 185 g/mol. The Balaban J connectivity index is 2.09. The highest BCUT2D eigenvalue weighted by atomic mass is 16.3. The maximum Gasteiger partial charge on any atom is 0.0746 e. The first-order chi connectivity index (χ1) is 5.99. The van der Waals surface area contributed by atoms with E-state index in [1.165, 1.54) is 12.8 Å². The molecular formula is C11H23NO. The Bertz CT molecular complexity index is 150. The molecule has 2 N–H and O–H groups in total. The molecule has 1 aliphatic rings. The predicted molar refractivity (Wildman–Crippen MR) is 55.7 cm³/mol. The van der Waals surface area contributed by atoms with Gasteiger partial charge >= 0.3 is 0 Å². The average molecular weight is 185 g/mol. The van der Waals surface area contributed by atoms with Crippen molar-refractivity contribution in [2.75, 3.05) is 13.1 Å². The van der Waals surface area contributed by atoms with Crippen LogP contribution in [0.2, 0.25) is 0 Å². The summed E-state index contributed by atoms with van der Waals surface area (Å²) in [6, 6.07) is 0. The summed E-state index contributed by atoms with van der Waals surface area (Å²) in [5.41, 5.74) is -0.490. The Morgan fingerprint density at radius 1 is 1.46 bits per heavy atom. The van der Waals surface area contributed by atoms with Crippen molar-refractivity contribution in [3.8, 4) is 0 Å². The first-order valence-corrected chi connectivity index (χ1v) is 5.43. The van der Waals surface area contributed by atoms with E-state index in [-0.39, 0.29) is 0 Å². The average Bonchev–Trinajstić information content (AvgIpc) is 2.68. The molecular weight excluding hydrogens is 162 g/mol. The van der Waals surface area contributed by atoms with Crippen molar-refractivity contribution >= 4 is 0 Å². The number of hydrogen-bond donors (Lipinski definition) is 2. The van der Waals surface area contributed by atoms with Crippen molar-refractivity contribution in [2.24, 2.45) is 11.8 Å². The van der Waals surface area contributed by atoms with Gasteiger partial charge in [0.05, 0.1) is 5.60 Å². The molecule has 0 spiro atoms. The third kappa shape index (κ3) is 5.27. The standard InChI is InChI=1S/C11H23NO/c1-9(2)7-12-8-11(3,13)6-10-4-5-10/h9-10,12-13H,4-8H2,1-3H3. The summed E-state index contributed by atoms with van der Waals surface area (Å²) >= 11 is 0. The highest BCUT2D eigenvalue weighted by molar-refractivity contribution is 4.85. The van der Waals surface area contributed by atoms with Crippen LogP contribution in [-0.4, -0.2) is 23.8 Å². The van der Waals surface area contributed by atoms with Gasteiger partial charge in [-0.1, -0.05) is 26.7 Å². The van der Waals surface area contributed by atoms with Gasteiger partial charge in [0.1, 0.15) is 0 Å². The van der Waals surface area contributed by atoms with Crippen molar-refractivity contribution in [1.82, 2.24) is 5.32 Å². The van der Waals surface area contributed by atoms with Gasteiger partial charge in [-0.15, -0.1) is 0 Å². The van der Waals surface area contributed by atoms with Gasteiger partial charge < -0.3 is 10.4 Å². The zero-order valence-electron chi connectivity index (χ0n) is 9.14. The predicted octanol–water partition coefficient (Wildman–Crippen LogP) is 1.78. The zero-order chi connectivity index (χ0) is 9.90. The SMILES string of the molecule is CC(C)CNCC(C)(O)CC1CC1. The lowest BCUT2D eigenvalue weighted by atomic mass is 9.99. The van der Waals surface area contributed by atoms with Gasteiger partial charge in [-0.25, -0.2) is 0 Å². The van der Waals surface area contributed by atoms with Crippen LogP contribution in [-0.2, 0) is 0 Å². The third-order valence-electron chi connectivity index (χ3n) is 2.48. The highest BCUT2D eigenvalue weighted by Crippen LogP contribution is 2.36. The Labute approximate surface area is 81.7 Å². The van der Waals surface area contributed by atoms with Crippen LogP contribution in [0.25, 0.3) is 0 Å². The van der Waals surface area contributed by atoms with Gasteiger partial charge in [0.25, 0.3) is 0 Å². The van der Waals surface area contributed by atoms with Crippen LogP contribution < -0.4 is 5.32 Å². The summed E-state index contributed by atoms with van der Waals surface area (Å²) in [5, 5.41) is 13.3. The van der Waals surface area contributed by atoms with Crippen LogP contribution in [0.15, 0.2) is 0 Å². The minimum absolute atomic E-state index is 0.490. The molecule has 0 aromatic heterocycles. The first kappa shape index (κ1) is 11.0. The van der Waals surface area contributed by atoms with E-state index in [1.807, 2.05) is 6.92 Å². The third-order valence-corrected chi connectivity index (χ3v) is 2.48. The highest BCUT2D eigenvalue weighted by Gasteiger charge is 2.31. The summed E-state index contributed by atoms with van der Waals surface area (Å²) in [5.74, 6) is 1.47. The normalized spacial score (nSPS) is 21.9. The van der Waals surface area contributed by atoms with Gasteiger partial charge in [0.15, 0.2) is 0 Å². The summed E-state index contributed by atoms with van der Waals surface area (Å²) < 4.78 is 0. The minimum Gasteiger partial charge on any atom is -0.389 e. The molecule has 2 nitrogen and oxygen atoms in total. The summed E-state index contributed by atoms with van der Waals surface area (Å²) in [7, 11) is 0. The van der Waals surface area contributed by atoms with Crippen molar-refractivity contribution in [3.63, 3.8) is 0 Å². The summed E-state index contributed by atoms with van der Waals surface area (Å²) in [6.07, 6.45) is 3.61. The molecule has 78 valence electrons. The van der Waals surface area contributed by atoms with E-state index in [9.17, 15) is 5.11 Å². The Morgan fingerprint density at radius 3 is 2.54 bits per heavy atom. The molecule has 0 aromatic carbocycles. The lowest BCUT2D eigenvalue weighted by molar-refractivity contribution is 0.0447. The first-order valence-electron chi connectivity index (χ1n) is 5.43. The van der Waals surface area contributed by atoms with Gasteiger partial charge in [-0.3, -0.25) is 0 Å². The van der Waals surface area contributed by atoms with E-state index in [4.69, 9.17) is 0 Å². The fourth-order valence-corrected chi connectivity index (χ4v) is 1.65. The Kier molecular flexibility index (Phi) is 3.74. The van der Waals surface area contributed by atoms with Crippen LogP contribution in [0.5, 0.6) is 0 Å². The molecule has 1 rings (SSSR count). The molecule has 0 saturated heterocycles. The molecule has 13 heavy (non-hydrogen) atoms. The molecule has 1 saturated carbocycles. The van der Waals surface area contributed by atoms with Gasteiger partial charge in [0.2, 0.25) is 0 Å². The van der Waals surface area contributed by atoms with Crippen LogP contribution in [0.4, 0.5) is 0 Å². The zero-order valence-corrected chi connectivity index (χ0v) is 9.14. The van der Waals surface area contributed by atoms with E-state index in [0.29, 0.717) is 5.92 Å². The number of nitrogens with one attached hydrogen (secondary N) is 1. The van der Waals surface area contributed by atoms with E-state index in [1.54, 1.807) is 0 Å². The maximum absolute atomic E-state index is 9.98. The number of rotatable bonds is 6. The smallest absolute Gasteiger partial charge is 0.0746 e. The van der Waals surface area contributed by atoms with Crippen LogP contribution >= 0.6 is 0 Å².